The standard InChI is InChI=1S/C10H18N2O2/c1-14-9-4-7-2-3-8(5-9)12(7)6-10(11)13/h7-9H,2-6H2,1H3,(H2,11,13). The number of hydrogen-bond acceptors (Lipinski definition) is 3. The second-order valence-electron chi connectivity index (χ2n) is 4.35. The Bertz CT molecular complexity index is 218. The van der Waals surface area contributed by atoms with Crippen LogP contribution >= 0.6 is 0 Å². The molecule has 2 fully saturated rings. The fourth-order valence-electron chi connectivity index (χ4n) is 2.85. The Labute approximate surface area is 84.4 Å². The van der Waals surface area contributed by atoms with Gasteiger partial charge in [0.25, 0.3) is 0 Å². The van der Waals surface area contributed by atoms with Crippen molar-refractivity contribution < 1.29 is 9.53 Å². The van der Waals surface area contributed by atoms with E-state index in [9.17, 15) is 4.79 Å². The predicted octanol–water partition coefficient (Wildman–Crippen LogP) is 0.113. The summed E-state index contributed by atoms with van der Waals surface area (Å²) in [6, 6.07) is 1.04. The molecule has 0 aliphatic carbocycles. The normalized spacial score (nSPS) is 37.4. The van der Waals surface area contributed by atoms with E-state index in [1.807, 2.05) is 0 Å². The Hall–Kier alpha value is -0.610. The average Bonchev–Trinajstić information content (AvgIpc) is 2.38. The van der Waals surface area contributed by atoms with E-state index in [1.54, 1.807) is 7.11 Å². The second-order valence-corrected chi connectivity index (χ2v) is 4.35. The minimum atomic E-state index is -0.210. The molecule has 2 rings (SSSR count). The molecule has 1 amide bonds. The number of carbonyl (C=O) groups excluding carboxylic acids is 1. The fourth-order valence-corrected chi connectivity index (χ4v) is 2.85. The SMILES string of the molecule is COC1CC2CCC(C1)N2CC(N)=O. The van der Waals surface area contributed by atoms with Crippen molar-refractivity contribution in [3.05, 3.63) is 0 Å². The van der Waals surface area contributed by atoms with Crippen molar-refractivity contribution in [1.82, 2.24) is 4.90 Å². The molecule has 2 atom stereocenters. The van der Waals surface area contributed by atoms with Crippen LogP contribution in [0.2, 0.25) is 0 Å². The number of primary amides is 1. The Morgan fingerprint density at radius 3 is 2.43 bits per heavy atom. The predicted molar refractivity (Wildman–Crippen MR) is 52.7 cm³/mol. The summed E-state index contributed by atoms with van der Waals surface area (Å²) in [5.74, 6) is -0.210. The van der Waals surface area contributed by atoms with Gasteiger partial charge in [-0.25, -0.2) is 0 Å². The van der Waals surface area contributed by atoms with Crippen molar-refractivity contribution in [2.75, 3.05) is 13.7 Å². The van der Waals surface area contributed by atoms with Crippen LogP contribution in [0.15, 0.2) is 0 Å². The first kappa shape index (κ1) is 9.93. The van der Waals surface area contributed by atoms with Gasteiger partial charge in [-0.05, 0) is 25.7 Å². The second kappa shape index (κ2) is 3.87. The van der Waals surface area contributed by atoms with Gasteiger partial charge in [-0.1, -0.05) is 0 Å². The van der Waals surface area contributed by atoms with Gasteiger partial charge in [0.2, 0.25) is 5.91 Å². The van der Waals surface area contributed by atoms with Crippen LogP contribution in [-0.2, 0) is 9.53 Å². The van der Waals surface area contributed by atoms with Gasteiger partial charge in [0.15, 0.2) is 0 Å². The van der Waals surface area contributed by atoms with Gasteiger partial charge in [0.1, 0.15) is 0 Å². The molecule has 0 saturated carbocycles. The van der Waals surface area contributed by atoms with Gasteiger partial charge in [-0.15, -0.1) is 0 Å². The topological polar surface area (TPSA) is 55.6 Å². The molecule has 2 aliphatic heterocycles. The Balaban J connectivity index is 1.99. The van der Waals surface area contributed by atoms with E-state index in [0.717, 1.165) is 12.8 Å². The number of rotatable bonds is 3. The number of hydrogen-bond donors (Lipinski definition) is 1. The van der Waals surface area contributed by atoms with Crippen molar-refractivity contribution in [3.63, 3.8) is 0 Å². The minimum Gasteiger partial charge on any atom is -0.381 e. The molecule has 2 heterocycles. The molecule has 2 N–H and O–H groups in total. The van der Waals surface area contributed by atoms with E-state index in [0.29, 0.717) is 24.7 Å². The highest BCUT2D eigenvalue weighted by Crippen LogP contribution is 2.36. The van der Waals surface area contributed by atoms with Gasteiger partial charge < -0.3 is 10.5 Å². The summed E-state index contributed by atoms with van der Waals surface area (Å²) < 4.78 is 5.38. The van der Waals surface area contributed by atoms with Crippen molar-refractivity contribution in [1.29, 1.82) is 0 Å². The number of fused-ring (bicyclic) bond motifs is 2. The summed E-state index contributed by atoms with van der Waals surface area (Å²) in [5.41, 5.74) is 5.23. The van der Waals surface area contributed by atoms with Crippen molar-refractivity contribution in [3.8, 4) is 0 Å². The molecule has 80 valence electrons. The first-order valence-corrected chi connectivity index (χ1v) is 5.27. The van der Waals surface area contributed by atoms with E-state index in [-0.39, 0.29) is 5.91 Å². The van der Waals surface area contributed by atoms with Gasteiger partial charge >= 0.3 is 0 Å². The lowest BCUT2D eigenvalue weighted by atomic mass is 10.00. The van der Waals surface area contributed by atoms with Crippen LogP contribution < -0.4 is 5.73 Å². The van der Waals surface area contributed by atoms with Crippen molar-refractivity contribution in [2.45, 2.75) is 43.9 Å². The summed E-state index contributed by atoms with van der Waals surface area (Å²) in [5, 5.41) is 0. The smallest absolute Gasteiger partial charge is 0.231 e. The summed E-state index contributed by atoms with van der Waals surface area (Å²) in [6.07, 6.45) is 4.88. The highest BCUT2D eigenvalue weighted by Gasteiger charge is 2.40. The highest BCUT2D eigenvalue weighted by atomic mass is 16.5. The molecule has 2 unspecified atom stereocenters. The van der Waals surface area contributed by atoms with E-state index < -0.39 is 0 Å². The van der Waals surface area contributed by atoms with E-state index in [4.69, 9.17) is 10.5 Å². The number of carbonyl (C=O) groups is 1. The number of methoxy groups -OCH3 is 1. The number of nitrogens with zero attached hydrogens (tertiary/aromatic N) is 1. The molecule has 2 saturated heterocycles. The third-order valence-electron chi connectivity index (χ3n) is 3.51. The monoisotopic (exact) mass is 198 g/mol. The number of piperidine rings is 1. The molecule has 4 heteroatoms. The van der Waals surface area contributed by atoms with E-state index in [2.05, 4.69) is 4.90 Å². The van der Waals surface area contributed by atoms with Crippen LogP contribution in [0, 0.1) is 0 Å². The minimum absolute atomic E-state index is 0.210. The average molecular weight is 198 g/mol. The molecule has 0 spiro atoms. The zero-order valence-electron chi connectivity index (χ0n) is 8.61. The van der Waals surface area contributed by atoms with Gasteiger partial charge in [0, 0.05) is 19.2 Å². The molecular weight excluding hydrogens is 180 g/mol. The van der Waals surface area contributed by atoms with Crippen LogP contribution in [0.25, 0.3) is 0 Å². The summed E-state index contributed by atoms with van der Waals surface area (Å²) in [6.45, 7) is 0.422. The molecule has 2 bridgehead atoms. The largest absolute Gasteiger partial charge is 0.381 e. The third-order valence-corrected chi connectivity index (χ3v) is 3.51. The maximum Gasteiger partial charge on any atom is 0.231 e. The summed E-state index contributed by atoms with van der Waals surface area (Å²) in [7, 11) is 1.77. The third kappa shape index (κ3) is 1.77. The number of ether oxygens (including phenoxy) is 1. The molecule has 0 aromatic rings. The molecule has 0 aromatic carbocycles. The lowest BCUT2D eigenvalue weighted by Crippen LogP contribution is -2.48. The Kier molecular flexibility index (Phi) is 2.74. The van der Waals surface area contributed by atoms with Crippen LogP contribution in [0.5, 0.6) is 0 Å². The van der Waals surface area contributed by atoms with Gasteiger partial charge in [0.05, 0.1) is 12.6 Å². The maximum atomic E-state index is 10.9. The Morgan fingerprint density at radius 2 is 2.00 bits per heavy atom. The lowest BCUT2D eigenvalue weighted by molar-refractivity contribution is -0.121. The zero-order valence-corrected chi connectivity index (χ0v) is 8.61. The first-order valence-electron chi connectivity index (χ1n) is 5.27. The summed E-state index contributed by atoms with van der Waals surface area (Å²) in [4.78, 5) is 13.1. The molecule has 14 heavy (non-hydrogen) atoms. The molecule has 0 radical (unpaired) electrons. The zero-order chi connectivity index (χ0) is 10.1. The van der Waals surface area contributed by atoms with Gasteiger partial charge in [-0.3, -0.25) is 9.69 Å². The van der Waals surface area contributed by atoms with Crippen LogP contribution in [0.3, 0.4) is 0 Å². The Morgan fingerprint density at radius 1 is 1.43 bits per heavy atom. The molecule has 2 aliphatic rings. The van der Waals surface area contributed by atoms with E-state index in [1.165, 1.54) is 12.8 Å². The first-order chi connectivity index (χ1) is 6.70. The molecule has 4 nitrogen and oxygen atoms in total. The van der Waals surface area contributed by atoms with Crippen LogP contribution in [0.1, 0.15) is 25.7 Å². The highest BCUT2D eigenvalue weighted by molar-refractivity contribution is 5.76. The fraction of sp³-hybridized carbons (Fsp3) is 0.900. The van der Waals surface area contributed by atoms with Crippen molar-refractivity contribution >= 4 is 5.91 Å². The maximum absolute atomic E-state index is 10.9. The van der Waals surface area contributed by atoms with Crippen LogP contribution in [0.4, 0.5) is 0 Å². The number of amides is 1. The summed E-state index contributed by atoms with van der Waals surface area (Å²) >= 11 is 0. The molecular formula is C10H18N2O2. The van der Waals surface area contributed by atoms with Crippen molar-refractivity contribution in [2.24, 2.45) is 5.73 Å². The number of nitrogens with two attached hydrogens (primary N) is 1. The quantitative estimate of drug-likeness (QED) is 0.700. The molecule has 0 aromatic heterocycles. The van der Waals surface area contributed by atoms with E-state index >= 15 is 0 Å². The lowest BCUT2D eigenvalue weighted by Gasteiger charge is -2.37. The van der Waals surface area contributed by atoms with Crippen LogP contribution in [-0.4, -0.2) is 42.6 Å². The van der Waals surface area contributed by atoms with Gasteiger partial charge in [-0.2, -0.15) is 0 Å².